The van der Waals surface area contributed by atoms with Crippen LogP contribution in [0.4, 0.5) is 47.1 Å². The van der Waals surface area contributed by atoms with Gasteiger partial charge >= 0.3 is 118 Å². The Hall–Kier alpha value is -1.60. The average Bonchev–Trinajstić information content (AvgIpc) is 3.26. The Morgan fingerprint density at radius 1 is 0.432 bits per heavy atom. The summed E-state index contributed by atoms with van der Waals surface area (Å²) in [5.41, 5.74) is -0.595. The van der Waals surface area contributed by atoms with E-state index in [2.05, 4.69) is 61.8 Å². The maximum atomic E-state index is 12.5. The van der Waals surface area contributed by atoms with Crippen molar-refractivity contribution in [3.8, 4) is 0 Å². The second kappa shape index (κ2) is 36.5. The van der Waals surface area contributed by atoms with Crippen molar-refractivity contribution in [2.24, 2.45) is 0 Å². The summed E-state index contributed by atoms with van der Waals surface area (Å²) < 4.78 is 163. The third-order valence-corrected chi connectivity index (χ3v) is 11.5. The van der Waals surface area contributed by atoms with Crippen LogP contribution in [0.25, 0.3) is 12.2 Å². The summed E-state index contributed by atoms with van der Waals surface area (Å²) in [6.07, 6.45) is 2.14. The Morgan fingerprint density at radius 3 is 1.03 bits per heavy atom. The van der Waals surface area contributed by atoms with Gasteiger partial charge in [-0.15, -0.1) is 0 Å². The third-order valence-electron chi connectivity index (χ3n) is 8.34. The molecule has 4 aromatic rings. The molecule has 0 bridgehead atoms. The molecule has 2 aromatic carbocycles. The molecule has 0 radical (unpaired) electrons. The minimum absolute atomic E-state index is 0. The van der Waals surface area contributed by atoms with E-state index in [1.807, 2.05) is 0 Å². The smallest absolute Gasteiger partial charge is 0.748 e. The van der Waals surface area contributed by atoms with Gasteiger partial charge in [-0.25, -0.2) is 33.7 Å². The number of aromatic nitrogens is 6. The van der Waals surface area contributed by atoms with E-state index in [0.29, 0.717) is 0 Å². The molecule has 0 saturated heterocycles. The summed E-state index contributed by atoms with van der Waals surface area (Å²) in [6, 6.07) is 6.80. The van der Waals surface area contributed by atoms with E-state index in [1.54, 1.807) is 0 Å². The molecule has 74 heavy (non-hydrogen) atoms. The van der Waals surface area contributed by atoms with Gasteiger partial charge < -0.3 is 79.3 Å². The van der Waals surface area contributed by atoms with E-state index in [0.717, 1.165) is 24.3 Å². The van der Waals surface area contributed by atoms with Crippen molar-refractivity contribution >= 4 is 99.7 Å². The topological polar surface area (TPSA) is 456 Å². The van der Waals surface area contributed by atoms with Crippen molar-refractivity contribution in [2.75, 3.05) is 136 Å². The Morgan fingerprint density at radius 2 is 0.730 bits per heavy atom. The fourth-order valence-electron chi connectivity index (χ4n) is 5.37. The van der Waals surface area contributed by atoms with E-state index < -0.39 is 61.8 Å². The van der Waals surface area contributed by atoms with Gasteiger partial charge in [-0.2, -0.15) is 29.9 Å². The summed E-state index contributed by atoms with van der Waals surface area (Å²) in [6.45, 7) is 0.655. The van der Waals surface area contributed by atoms with Crippen LogP contribution < -0.4 is 150 Å². The summed E-state index contributed by atoms with van der Waals surface area (Å²) in [5, 5.41) is 33.9. The Labute approximate surface area is 515 Å². The molecule has 0 aliphatic heterocycles. The van der Waals surface area contributed by atoms with Gasteiger partial charge in [0.1, 0.15) is 20.2 Å². The molecule has 0 saturated carbocycles. The maximum Gasteiger partial charge on any atom is 1.00 e. The quantitative estimate of drug-likeness (QED) is 0.00932. The molecule has 30 nitrogen and oxygen atoms in total. The molecule has 0 fully saturated rings. The van der Waals surface area contributed by atoms with Crippen molar-refractivity contribution in [3.05, 3.63) is 47.5 Å². The molecule has 0 spiro atoms. The molecular weight excluding hydrogens is 1110 g/mol. The predicted octanol–water partition coefficient (Wildman–Crippen LogP) is -13.7. The van der Waals surface area contributed by atoms with Crippen LogP contribution in [0.3, 0.4) is 0 Å². The van der Waals surface area contributed by atoms with E-state index in [4.69, 9.17) is 29.2 Å². The van der Waals surface area contributed by atoms with Gasteiger partial charge in [0.2, 0.25) is 35.7 Å². The van der Waals surface area contributed by atoms with Gasteiger partial charge in [-0.1, -0.05) is 24.3 Å². The zero-order valence-electron chi connectivity index (χ0n) is 40.7. The van der Waals surface area contributed by atoms with E-state index >= 15 is 0 Å². The number of ether oxygens (including phenoxy) is 4. The fourth-order valence-corrected chi connectivity index (χ4v) is 7.47. The first-order valence-electron chi connectivity index (χ1n) is 20.4. The molecule has 2 heterocycles. The number of anilines is 8. The van der Waals surface area contributed by atoms with Gasteiger partial charge in [0.15, 0.2) is 0 Å². The number of hydrogen-bond acceptors (Lipinski definition) is 30. The molecule has 0 aliphatic rings. The fraction of sp³-hybridized carbons (Fsp3) is 0.444. The predicted molar refractivity (Wildman–Crippen MR) is 244 cm³/mol. The molecule has 0 amide bonds. The standard InChI is InChI=1S/C36H52N12O18S4.4Na/c49-11-15-65-19-17-63-13-7-37-31-43-33(39-9-21-67(51,52)53)47-35(45-31)41-27-5-3-25(29(23-27)69(57,58)59)1-2-26-4-6-28(24-30(26)70(60,61)62)42-36-46-32(38-8-14-64-18-20-66-16-12-50)44-34(48-36)40-10-22-68(54,55)56;;;;/h1-6,23-24,49-50H,7-22H2,(H,51,52,53)(H,54,55,56)(H,57,58,59)(H,60,61,62)(H3,37,39,41,43,45,47)(H3,38,40,42,44,46,48);;;;/q;4*+1/p-4. The molecule has 0 unspecified atom stereocenters. The van der Waals surface area contributed by atoms with Crippen LogP contribution in [0.2, 0.25) is 0 Å². The first-order valence-corrected chi connectivity index (χ1v) is 26.4. The summed E-state index contributed by atoms with van der Waals surface area (Å²) in [5.74, 6) is -2.68. The molecule has 2 aromatic heterocycles. The van der Waals surface area contributed by atoms with Gasteiger partial charge in [-0.05, 0) is 35.4 Å². The summed E-state index contributed by atoms with van der Waals surface area (Å²) >= 11 is 0. The van der Waals surface area contributed by atoms with Crippen molar-refractivity contribution in [1.29, 1.82) is 0 Å². The van der Waals surface area contributed by atoms with Crippen molar-refractivity contribution in [1.82, 2.24) is 29.9 Å². The SMILES string of the molecule is O=S(=O)([O-])CCNc1nc(NCCOCCOCCO)nc(Nc2ccc(C=Cc3ccc(Nc4nc(NCCOCCOCCO)nc(NCCS(=O)(=O)[O-])n4)cc3S(=O)(=O)[O-])c(S(=O)(=O)[O-])c2)n1.[Na+].[Na+].[Na+].[Na+]. The van der Waals surface area contributed by atoms with Gasteiger partial charge in [-0.3, -0.25) is 0 Å². The van der Waals surface area contributed by atoms with E-state index in [-0.39, 0.29) is 269 Å². The van der Waals surface area contributed by atoms with Crippen LogP contribution in [0.1, 0.15) is 11.1 Å². The van der Waals surface area contributed by atoms with Crippen LogP contribution in [0.15, 0.2) is 46.2 Å². The third kappa shape index (κ3) is 29.4. The van der Waals surface area contributed by atoms with Crippen molar-refractivity contribution in [3.63, 3.8) is 0 Å². The van der Waals surface area contributed by atoms with Gasteiger partial charge in [0, 0.05) is 37.6 Å². The Bertz CT molecular complexity index is 2650. The Balaban J connectivity index is 0.0000133. The van der Waals surface area contributed by atoms with Gasteiger partial charge in [0.25, 0.3) is 0 Å². The molecular formula is C36H48N12Na4O18S4. The second-order valence-electron chi connectivity index (χ2n) is 13.7. The molecule has 8 N–H and O–H groups in total. The number of benzene rings is 2. The molecule has 388 valence electrons. The number of nitrogens with zero attached hydrogens (tertiary/aromatic N) is 6. The number of aliphatic hydroxyl groups is 2. The maximum absolute atomic E-state index is 12.5. The van der Waals surface area contributed by atoms with Gasteiger partial charge in [0.05, 0.1) is 108 Å². The number of nitrogens with one attached hydrogen (secondary N) is 6. The van der Waals surface area contributed by atoms with Crippen LogP contribution in [-0.4, -0.2) is 196 Å². The molecule has 4 rings (SSSR count). The largest absolute Gasteiger partial charge is 1.00 e. The zero-order chi connectivity index (χ0) is 51.2. The molecule has 0 atom stereocenters. The van der Waals surface area contributed by atoms with E-state index in [9.17, 15) is 51.9 Å². The molecule has 0 aliphatic carbocycles. The van der Waals surface area contributed by atoms with Crippen LogP contribution in [0, 0.1) is 0 Å². The summed E-state index contributed by atoms with van der Waals surface area (Å²) in [4.78, 5) is 23.2. The first-order chi connectivity index (χ1) is 33.1. The van der Waals surface area contributed by atoms with Crippen LogP contribution in [0.5, 0.6) is 0 Å². The zero-order valence-corrected chi connectivity index (χ0v) is 51.9. The second-order valence-corrected chi connectivity index (χ2v) is 19.5. The van der Waals surface area contributed by atoms with Crippen molar-refractivity contribution < 1.29 is 199 Å². The van der Waals surface area contributed by atoms with Crippen molar-refractivity contribution in [2.45, 2.75) is 9.79 Å². The Kier molecular flexibility index (Phi) is 35.8. The summed E-state index contributed by atoms with van der Waals surface area (Å²) in [7, 11) is -19.7. The number of rotatable bonds is 34. The minimum Gasteiger partial charge on any atom is -0.748 e. The monoisotopic (exact) mass is 1160 g/mol. The molecule has 38 heteroatoms. The average molecular weight is 1160 g/mol. The number of hydrogen-bond donors (Lipinski definition) is 8. The van der Waals surface area contributed by atoms with Crippen LogP contribution in [-0.2, 0) is 59.4 Å². The van der Waals surface area contributed by atoms with Crippen LogP contribution >= 0.6 is 0 Å². The minimum atomic E-state index is -5.26. The first kappa shape index (κ1) is 72.4. The number of aliphatic hydroxyl groups excluding tert-OH is 2. The van der Waals surface area contributed by atoms with E-state index in [1.165, 1.54) is 24.3 Å². The normalized spacial score (nSPS) is 11.6.